The van der Waals surface area contributed by atoms with Gasteiger partial charge in [-0.05, 0) is 48.5 Å². The number of aromatic nitrogens is 3. The molecule has 0 saturated heterocycles. The fraction of sp³-hybridized carbons (Fsp3) is 0.182. The molecule has 0 aliphatic rings. The van der Waals surface area contributed by atoms with Gasteiger partial charge in [-0.3, -0.25) is 9.69 Å². The first kappa shape index (κ1) is 21.9. The van der Waals surface area contributed by atoms with Gasteiger partial charge < -0.3 is 0 Å². The number of hydrogen-bond donors (Lipinski definition) is 0. The molecule has 4 rings (SSSR count). The monoisotopic (exact) mass is 484 g/mol. The Labute approximate surface area is 198 Å². The molecule has 0 bridgehead atoms. The molecule has 0 saturated carbocycles. The number of nitrogens with zero attached hydrogens (tertiary/aromatic N) is 4. The highest BCUT2D eigenvalue weighted by Gasteiger charge is 2.18. The van der Waals surface area contributed by atoms with Crippen LogP contribution in [0.15, 0.2) is 64.3 Å². The molecule has 2 aromatic carbocycles. The summed E-state index contributed by atoms with van der Waals surface area (Å²) in [5.41, 5.74) is 3.94. The standard InChI is InChI=1S/C22H20N4OS4/c1-3-16-9-11-18(12-10-16)25(15(2)27)20-23-17(13-29-20)14-30-21-24-26(22(28)31-21)19-7-5-4-6-8-19/h4-13H,3,14H2,1-2H3. The average molecular weight is 485 g/mol. The van der Waals surface area contributed by atoms with Crippen molar-refractivity contribution in [1.29, 1.82) is 0 Å². The minimum Gasteiger partial charge on any atom is -0.274 e. The lowest BCUT2D eigenvalue weighted by molar-refractivity contribution is -0.115. The molecule has 0 spiro atoms. The second-order valence-electron chi connectivity index (χ2n) is 6.67. The van der Waals surface area contributed by atoms with Gasteiger partial charge in [0.15, 0.2) is 13.4 Å². The van der Waals surface area contributed by atoms with E-state index in [1.807, 2.05) is 60.0 Å². The van der Waals surface area contributed by atoms with Crippen molar-refractivity contribution in [3.8, 4) is 5.69 Å². The molecular formula is C22H20N4OS4. The van der Waals surface area contributed by atoms with Gasteiger partial charge >= 0.3 is 0 Å². The summed E-state index contributed by atoms with van der Waals surface area (Å²) in [5, 5.41) is 7.30. The summed E-state index contributed by atoms with van der Waals surface area (Å²) >= 11 is 10.0. The Bertz CT molecular complexity index is 1230. The molecule has 0 N–H and O–H groups in total. The van der Waals surface area contributed by atoms with Crippen molar-refractivity contribution in [2.75, 3.05) is 4.90 Å². The maximum atomic E-state index is 12.3. The van der Waals surface area contributed by atoms with E-state index < -0.39 is 0 Å². The van der Waals surface area contributed by atoms with Crippen LogP contribution in [0, 0.1) is 3.95 Å². The molecule has 0 atom stereocenters. The van der Waals surface area contributed by atoms with E-state index in [4.69, 9.17) is 17.2 Å². The van der Waals surface area contributed by atoms with Crippen LogP contribution >= 0.6 is 46.7 Å². The summed E-state index contributed by atoms with van der Waals surface area (Å²) in [5.74, 6) is 0.603. The minimum atomic E-state index is -0.0580. The second-order valence-corrected chi connectivity index (χ2v) is 10.3. The third-order valence-corrected chi connectivity index (χ3v) is 7.80. The van der Waals surface area contributed by atoms with E-state index in [2.05, 4.69) is 12.0 Å². The third kappa shape index (κ3) is 5.12. The van der Waals surface area contributed by atoms with Crippen LogP contribution in [0.4, 0.5) is 10.8 Å². The maximum Gasteiger partial charge on any atom is 0.230 e. The number of aryl methyl sites for hydroxylation is 1. The van der Waals surface area contributed by atoms with Crippen molar-refractivity contribution in [3.63, 3.8) is 0 Å². The van der Waals surface area contributed by atoms with Crippen LogP contribution in [-0.4, -0.2) is 20.7 Å². The van der Waals surface area contributed by atoms with E-state index in [0.717, 1.165) is 27.8 Å². The van der Waals surface area contributed by atoms with Crippen LogP contribution in [0.2, 0.25) is 0 Å². The van der Waals surface area contributed by atoms with Crippen LogP contribution in [0.1, 0.15) is 25.1 Å². The summed E-state index contributed by atoms with van der Waals surface area (Å²) in [6.07, 6.45) is 0.964. The lowest BCUT2D eigenvalue weighted by Gasteiger charge is -2.18. The number of carbonyl (C=O) groups is 1. The highest BCUT2D eigenvalue weighted by Crippen LogP contribution is 2.32. The van der Waals surface area contributed by atoms with E-state index >= 15 is 0 Å². The van der Waals surface area contributed by atoms with Gasteiger partial charge in [-0.25, -0.2) is 9.67 Å². The predicted molar refractivity (Wildman–Crippen MR) is 133 cm³/mol. The molecule has 0 aliphatic carbocycles. The van der Waals surface area contributed by atoms with Crippen LogP contribution in [0.5, 0.6) is 0 Å². The van der Waals surface area contributed by atoms with Crippen LogP contribution in [0.25, 0.3) is 5.69 Å². The predicted octanol–water partition coefficient (Wildman–Crippen LogP) is 6.66. The number of benzene rings is 2. The fourth-order valence-corrected chi connectivity index (χ4v) is 6.21. The normalized spacial score (nSPS) is 10.9. The quantitative estimate of drug-likeness (QED) is 0.217. The zero-order valence-electron chi connectivity index (χ0n) is 17.0. The smallest absolute Gasteiger partial charge is 0.230 e. The summed E-state index contributed by atoms with van der Waals surface area (Å²) in [7, 11) is 0. The number of hydrogen-bond acceptors (Lipinski definition) is 7. The largest absolute Gasteiger partial charge is 0.274 e. The first-order chi connectivity index (χ1) is 15.0. The van der Waals surface area contributed by atoms with E-state index in [1.54, 1.807) is 28.3 Å². The number of thioether (sulfide) groups is 1. The Morgan fingerprint density at radius 3 is 2.58 bits per heavy atom. The van der Waals surface area contributed by atoms with Gasteiger partial charge in [0.1, 0.15) is 0 Å². The van der Waals surface area contributed by atoms with E-state index in [-0.39, 0.29) is 5.91 Å². The number of amides is 1. The van der Waals surface area contributed by atoms with Gasteiger partial charge in [0.05, 0.1) is 17.1 Å². The second kappa shape index (κ2) is 9.86. The molecule has 2 heterocycles. The van der Waals surface area contributed by atoms with Gasteiger partial charge in [-0.2, -0.15) is 0 Å². The molecular weight excluding hydrogens is 465 g/mol. The highest BCUT2D eigenvalue weighted by molar-refractivity contribution is 8.00. The lowest BCUT2D eigenvalue weighted by atomic mass is 10.1. The Kier molecular flexibility index (Phi) is 6.96. The third-order valence-electron chi connectivity index (χ3n) is 4.52. The minimum absolute atomic E-state index is 0.0580. The molecule has 0 aliphatic heterocycles. The fourth-order valence-electron chi connectivity index (χ4n) is 2.96. The molecule has 0 radical (unpaired) electrons. The van der Waals surface area contributed by atoms with Crippen LogP contribution < -0.4 is 4.90 Å². The molecule has 31 heavy (non-hydrogen) atoms. The molecule has 5 nitrogen and oxygen atoms in total. The Morgan fingerprint density at radius 1 is 1.16 bits per heavy atom. The lowest BCUT2D eigenvalue weighted by Crippen LogP contribution is -2.22. The number of anilines is 2. The van der Waals surface area contributed by atoms with E-state index in [1.165, 1.54) is 28.2 Å². The van der Waals surface area contributed by atoms with Crippen molar-refractivity contribution in [2.45, 2.75) is 30.4 Å². The van der Waals surface area contributed by atoms with Gasteiger partial charge in [0, 0.05) is 18.1 Å². The molecule has 9 heteroatoms. The zero-order chi connectivity index (χ0) is 21.8. The van der Waals surface area contributed by atoms with E-state index in [9.17, 15) is 4.79 Å². The first-order valence-electron chi connectivity index (χ1n) is 9.67. The summed E-state index contributed by atoms with van der Waals surface area (Å²) in [6.45, 7) is 3.67. The summed E-state index contributed by atoms with van der Waals surface area (Å²) in [4.78, 5) is 18.7. The van der Waals surface area contributed by atoms with Crippen molar-refractivity contribution < 1.29 is 4.79 Å². The number of rotatable bonds is 7. The topological polar surface area (TPSA) is 51.0 Å². The van der Waals surface area contributed by atoms with Crippen LogP contribution in [-0.2, 0) is 17.0 Å². The SMILES string of the molecule is CCc1ccc(N(C(C)=O)c2nc(CSc3nn(-c4ccccc4)c(=S)s3)cs2)cc1. The van der Waals surface area contributed by atoms with Gasteiger partial charge in [-0.15, -0.1) is 16.4 Å². The number of carbonyl (C=O) groups excluding carboxylic acids is 1. The van der Waals surface area contributed by atoms with Crippen molar-refractivity contribution in [3.05, 3.63) is 75.2 Å². The molecule has 0 fully saturated rings. The van der Waals surface area contributed by atoms with Crippen molar-refractivity contribution in [1.82, 2.24) is 14.8 Å². The van der Waals surface area contributed by atoms with Gasteiger partial charge in [0.25, 0.3) is 0 Å². The number of para-hydroxylation sites is 1. The highest BCUT2D eigenvalue weighted by atomic mass is 32.2. The van der Waals surface area contributed by atoms with Crippen molar-refractivity contribution >= 4 is 63.4 Å². The Hall–Kier alpha value is -2.33. The maximum absolute atomic E-state index is 12.3. The molecule has 158 valence electrons. The molecule has 2 aromatic heterocycles. The summed E-state index contributed by atoms with van der Waals surface area (Å²) in [6, 6.07) is 17.9. The van der Waals surface area contributed by atoms with Gasteiger partial charge in [-0.1, -0.05) is 60.4 Å². The summed E-state index contributed by atoms with van der Waals surface area (Å²) < 4.78 is 3.39. The zero-order valence-corrected chi connectivity index (χ0v) is 20.3. The van der Waals surface area contributed by atoms with Crippen molar-refractivity contribution in [2.24, 2.45) is 0 Å². The molecule has 1 amide bonds. The van der Waals surface area contributed by atoms with Crippen LogP contribution in [0.3, 0.4) is 0 Å². The molecule has 0 unspecified atom stereocenters. The van der Waals surface area contributed by atoms with Gasteiger partial charge in [0.2, 0.25) is 5.91 Å². The van der Waals surface area contributed by atoms with E-state index in [0.29, 0.717) is 14.8 Å². The average Bonchev–Trinajstić information content (AvgIpc) is 3.40. The Morgan fingerprint density at radius 2 is 1.90 bits per heavy atom. The first-order valence-corrected chi connectivity index (χ1v) is 12.8. The molecule has 4 aromatic rings. The Balaban J connectivity index is 1.48. The number of thiazole rings is 1.